The Bertz CT molecular complexity index is 769. The molecule has 0 fully saturated rings. The molecule has 1 aliphatic carbocycles. The van der Waals surface area contributed by atoms with E-state index in [-0.39, 0.29) is 12.6 Å². The number of hydrogen-bond donors (Lipinski definition) is 0. The molecule has 0 atom stereocenters. The largest absolute Gasteiger partial charge is 0.457 e. The summed E-state index contributed by atoms with van der Waals surface area (Å²) in [6, 6.07) is 11.4. The van der Waals surface area contributed by atoms with Crippen molar-refractivity contribution in [2.45, 2.75) is 19.4 Å². The van der Waals surface area contributed by atoms with Gasteiger partial charge >= 0.3 is 5.97 Å². The van der Waals surface area contributed by atoms with Crippen molar-refractivity contribution in [2.24, 2.45) is 0 Å². The minimum absolute atomic E-state index is 0.245. The Morgan fingerprint density at radius 2 is 2.04 bits per heavy atom. The van der Waals surface area contributed by atoms with Crippen molar-refractivity contribution < 1.29 is 14.3 Å². The van der Waals surface area contributed by atoms with Crippen LogP contribution in [-0.4, -0.2) is 12.3 Å². The maximum Gasteiger partial charge on any atom is 0.338 e. The molecule has 0 bridgehead atoms. The van der Waals surface area contributed by atoms with Crippen molar-refractivity contribution in [3.05, 3.63) is 75.5 Å². The van der Waals surface area contributed by atoms with Crippen molar-refractivity contribution in [3.63, 3.8) is 0 Å². The molecule has 3 rings (SSSR count). The fraction of sp³-hybridized carbons (Fsp3) is 0.158. The van der Waals surface area contributed by atoms with Gasteiger partial charge in [-0.3, -0.25) is 4.79 Å². The maximum atomic E-state index is 12.5. The van der Waals surface area contributed by atoms with Gasteiger partial charge in [0.15, 0.2) is 6.29 Å². The first-order valence-electron chi connectivity index (χ1n) is 7.43. The monoisotopic (exact) mass is 324 g/mol. The zero-order chi connectivity index (χ0) is 16.1. The van der Waals surface area contributed by atoms with E-state index in [0.717, 1.165) is 35.1 Å². The van der Waals surface area contributed by atoms with Crippen LogP contribution in [0.4, 0.5) is 0 Å². The topological polar surface area (TPSA) is 43.4 Å². The Kier molecular flexibility index (Phi) is 4.83. The van der Waals surface area contributed by atoms with E-state index < -0.39 is 0 Å². The van der Waals surface area contributed by atoms with Crippen LogP contribution in [0.5, 0.6) is 0 Å². The highest BCUT2D eigenvalue weighted by molar-refractivity contribution is 7.11. The molecule has 1 heterocycles. The lowest BCUT2D eigenvalue weighted by Crippen LogP contribution is -2.10. The molecule has 4 heteroatoms. The van der Waals surface area contributed by atoms with E-state index in [1.54, 1.807) is 12.1 Å². The molecule has 1 aliphatic rings. The van der Waals surface area contributed by atoms with Crippen LogP contribution in [0.1, 0.15) is 33.6 Å². The third-order valence-electron chi connectivity index (χ3n) is 3.70. The fourth-order valence-corrected chi connectivity index (χ4v) is 3.51. The third kappa shape index (κ3) is 3.48. The first-order chi connectivity index (χ1) is 11.3. The second kappa shape index (κ2) is 7.20. The number of hydrogen-bond acceptors (Lipinski definition) is 4. The third-order valence-corrected chi connectivity index (χ3v) is 4.69. The fourth-order valence-electron chi connectivity index (χ4n) is 2.55. The summed E-state index contributed by atoms with van der Waals surface area (Å²) in [5.74, 6) is -0.343. The zero-order valence-corrected chi connectivity index (χ0v) is 13.3. The highest BCUT2D eigenvalue weighted by Gasteiger charge is 2.21. The summed E-state index contributed by atoms with van der Waals surface area (Å²) < 4.78 is 5.44. The van der Waals surface area contributed by atoms with Gasteiger partial charge in [0.1, 0.15) is 6.61 Å². The molecule has 1 aromatic heterocycles. The quantitative estimate of drug-likeness (QED) is 0.604. The standard InChI is InChI=1S/C19H16O3S/c20-12-15-10-11-23-18(15)16-8-4-5-9-17(16)19(21)22-13-14-6-2-1-3-7-14/h1-3,5-7,9-12H,4,8,13H2. The number of thiophene rings is 1. The molecular formula is C19H16O3S. The van der Waals surface area contributed by atoms with Crippen LogP contribution >= 0.6 is 11.3 Å². The lowest BCUT2D eigenvalue weighted by molar-refractivity contribution is -0.139. The maximum absolute atomic E-state index is 12.5. The van der Waals surface area contributed by atoms with Gasteiger partial charge in [0.25, 0.3) is 0 Å². The Balaban J connectivity index is 1.84. The van der Waals surface area contributed by atoms with E-state index >= 15 is 0 Å². The van der Waals surface area contributed by atoms with Crippen LogP contribution in [0.3, 0.4) is 0 Å². The van der Waals surface area contributed by atoms with Gasteiger partial charge in [-0.2, -0.15) is 0 Å². The van der Waals surface area contributed by atoms with Crippen LogP contribution in [0.25, 0.3) is 5.57 Å². The highest BCUT2D eigenvalue weighted by atomic mass is 32.1. The number of ether oxygens (including phenoxy) is 1. The smallest absolute Gasteiger partial charge is 0.338 e. The molecule has 0 aliphatic heterocycles. The predicted octanol–water partition coefficient (Wildman–Crippen LogP) is 4.41. The minimum Gasteiger partial charge on any atom is -0.457 e. The Labute approximate surface area is 138 Å². The van der Waals surface area contributed by atoms with Crippen LogP contribution in [0.2, 0.25) is 0 Å². The van der Waals surface area contributed by atoms with Crippen LogP contribution in [0.15, 0.2) is 59.5 Å². The Morgan fingerprint density at radius 1 is 1.22 bits per heavy atom. The van der Waals surface area contributed by atoms with Gasteiger partial charge in [-0.1, -0.05) is 42.5 Å². The number of allylic oxidation sites excluding steroid dienone is 2. The molecule has 0 radical (unpaired) electrons. The van der Waals surface area contributed by atoms with E-state index in [9.17, 15) is 9.59 Å². The summed E-state index contributed by atoms with van der Waals surface area (Å²) in [6.45, 7) is 0.245. The van der Waals surface area contributed by atoms with Crippen LogP contribution < -0.4 is 0 Å². The molecule has 0 saturated heterocycles. The van der Waals surface area contributed by atoms with Gasteiger partial charge in [0.05, 0.1) is 5.57 Å². The molecule has 0 spiro atoms. The van der Waals surface area contributed by atoms with Crippen molar-refractivity contribution >= 4 is 29.2 Å². The van der Waals surface area contributed by atoms with Gasteiger partial charge in [-0.25, -0.2) is 4.79 Å². The predicted molar refractivity (Wildman–Crippen MR) is 91.2 cm³/mol. The van der Waals surface area contributed by atoms with E-state index in [4.69, 9.17) is 4.74 Å². The molecule has 3 nitrogen and oxygen atoms in total. The summed E-state index contributed by atoms with van der Waals surface area (Å²) in [4.78, 5) is 24.5. The van der Waals surface area contributed by atoms with Crippen molar-refractivity contribution in [3.8, 4) is 0 Å². The molecule has 0 saturated carbocycles. The summed E-state index contributed by atoms with van der Waals surface area (Å²) in [5, 5.41) is 1.87. The molecule has 0 unspecified atom stereocenters. The first-order valence-corrected chi connectivity index (χ1v) is 8.31. The number of esters is 1. The summed E-state index contributed by atoms with van der Waals surface area (Å²) in [7, 11) is 0. The van der Waals surface area contributed by atoms with Crippen molar-refractivity contribution in [2.75, 3.05) is 0 Å². The van der Waals surface area contributed by atoms with Crippen LogP contribution in [-0.2, 0) is 16.1 Å². The lowest BCUT2D eigenvalue weighted by Gasteiger charge is -2.15. The van der Waals surface area contributed by atoms with E-state index in [1.807, 2.05) is 41.8 Å². The van der Waals surface area contributed by atoms with Gasteiger partial charge in [-0.05, 0) is 35.4 Å². The summed E-state index contributed by atoms with van der Waals surface area (Å²) in [6.07, 6.45) is 6.22. The molecular weight excluding hydrogens is 308 g/mol. The Morgan fingerprint density at radius 3 is 2.83 bits per heavy atom. The van der Waals surface area contributed by atoms with E-state index in [0.29, 0.717) is 11.1 Å². The number of rotatable bonds is 5. The SMILES string of the molecule is O=Cc1ccsc1C1=C(C(=O)OCc2ccccc2)C=CCC1. The molecule has 116 valence electrons. The van der Waals surface area contributed by atoms with Gasteiger partial charge in [0.2, 0.25) is 0 Å². The lowest BCUT2D eigenvalue weighted by atomic mass is 9.95. The summed E-state index contributed by atoms with van der Waals surface area (Å²) >= 11 is 1.49. The first kappa shape index (κ1) is 15.4. The second-order valence-electron chi connectivity index (χ2n) is 5.22. The van der Waals surface area contributed by atoms with Crippen molar-refractivity contribution in [1.29, 1.82) is 0 Å². The zero-order valence-electron chi connectivity index (χ0n) is 12.5. The molecule has 23 heavy (non-hydrogen) atoms. The van der Waals surface area contributed by atoms with E-state index in [1.165, 1.54) is 11.3 Å². The Hall–Kier alpha value is -2.46. The van der Waals surface area contributed by atoms with Gasteiger partial charge < -0.3 is 4.74 Å². The van der Waals surface area contributed by atoms with E-state index in [2.05, 4.69) is 0 Å². The molecule has 2 aromatic rings. The second-order valence-corrected chi connectivity index (χ2v) is 6.13. The number of aldehydes is 1. The van der Waals surface area contributed by atoms with Crippen molar-refractivity contribution in [1.82, 2.24) is 0 Å². The highest BCUT2D eigenvalue weighted by Crippen LogP contribution is 2.34. The average Bonchev–Trinajstić information content (AvgIpc) is 3.09. The van der Waals surface area contributed by atoms with Gasteiger partial charge in [0, 0.05) is 10.4 Å². The molecule has 0 N–H and O–H groups in total. The number of carbonyl (C=O) groups excluding carboxylic acids is 2. The minimum atomic E-state index is -0.343. The molecule has 0 amide bonds. The van der Waals surface area contributed by atoms with Crippen LogP contribution in [0, 0.1) is 0 Å². The summed E-state index contributed by atoms with van der Waals surface area (Å²) in [5.41, 5.74) is 3.04. The molecule has 1 aromatic carbocycles. The normalized spacial score (nSPS) is 13.9. The average molecular weight is 324 g/mol. The number of benzene rings is 1. The number of carbonyl (C=O) groups is 2. The van der Waals surface area contributed by atoms with Gasteiger partial charge in [-0.15, -0.1) is 11.3 Å².